The van der Waals surface area contributed by atoms with Gasteiger partial charge in [-0.2, -0.15) is 0 Å². The van der Waals surface area contributed by atoms with Crippen LogP contribution >= 0.6 is 0 Å². The predicted octanol–water partition coefficient (Wildman–Crippen LogP) is 1.82. The Bertz CT molecular complexity index is 1040. The van der Waals surface area contributed by atoms with E-state index in [2.05, 4.69) is 15.9 Å². The average Bonchev–Trinajstić information content (AvgIpc) is 3.23. The van der Waals surface area contributed by atoms with E-state index >= 15 is 0 Å². The summed E-state index contributed by atoms with van der Waals surface area (Å²) in [5, 5.41) is 1.06. The lowest BCUT2D eigenvalue weighted by molar-refractivity contribution is -0.169. The zero-order valence-electron chi connectivity index (χ0n) is 17.9. The number of sulfone groups is 1. The minimum absolute atomic E-state index is 0.220. The highest BCUT2D eigenvalue weighted by Crippen LogP contribution is 2.38. The Morgan fingerprint density at radius 1 is 1.10 bits per heavy atom. The Morgan fingerprint density at radius 3 is 2.48 bits per heavy atom. The lowest BCUT2D eigenvalue weighted by Gasteiger charge is -2.40. The maximum absolute atomic E-state index is 11.8. The number of pyridine rings is 1. The number of hydrogen-bond donors (Lipinski definition) is 0. The van der Waals surface area contributed by atoms with Crippen LogP contribution in [0.15, 0.2) is 24.4 Å². The van der Waals surface area contributed by atoms with Crippen LogP contribution in [0.2, 0.25) is 0 Å². The minimum atomic E-state index is -2.91. The van der Waals surface area contributed by atoms with Gasteiger partial charge in [0.1, 0.15) is 5.75 Å². The third kappa shape index (κ3) is 4.24. The topological polar surface area (TPSA) is 81.2 Å². The number of hydrogen-bond acceptors (Lipinski definition) is 8. The summed E-state index contributed by atoms with van der Waals surface area (Å²) in [5.74, 6) is 0.807. The molecule has 0 radical (unpaired) electrons. The zero-order chi connectivity index (χ0) is 21.5. The van der Waals surface area contributed by atoms with Gasteiger partial charge in [-0.25, -0.2) is 8.42 Å². The third-order valence-electron chi connectivity index (χ3n) is 6.61. The van der Waals surface area contributed by atoms with E-state index in [9.17, 15) is 8.42 Å². The van der Waals surface area contributed by atoms with Gasteiger partial charge in [0.2, 0.25) is 0 Å². The van der Waals surface area contributed by atoms with Crippen LogP contribution < -0.4 is 9.64 Å². The molecule has 0 N–H and O–H groups in total. The molecule has 0 aliphatic carbocycles. The van der Waals surface area contributed by atoms with Gasteiger partial charge in [0.25, 0.3) is 0 Å². The summed E-state index contributed by atoms with van der Waals surface area (Å²) in [6, 6.07) is 5.97. The Kier molecular flexibility index (Phi) is 5.54. The molecule has 0 bridgehead atoms. The lowest BCUT2D eigenvalue weighted by Crippen LogP contribution is -2.46. The van der Waals surface area contributed by atoms with Crippen LogP contribution in [0.1, 0.15) is 18.4 Å². The first-order chi connectivity index (χ1) is 15.0. The first kappa shape index (κ1) is 20.9. The second-order valence-electron chi connectivity index (χ2n) is 8.54. The van der Waals surface area contributed by atoms with Gasteiger partial charge in [0.05, 0.1) is 43.0 Å². The number of piperidine rings is 1. The summed E-state index contributed by atoms with van der Waals surface area (Å²) < 4.78 is 41.0. The smallest absolute Gasteiger partial charge is 0.171 e. The van der Waals surface area contributed by atoms with E-state index in [1.807, 2.05) is 18.3 Å². The van der Waals surface area contributed by atoms with E-state index in [-0.39, 0.29) is 11.5 Å². The second-order valence-corrected chi connectivity index (χ2v) is 10.8. The van der Waals surface area contributed by atoms with Crippen molar-refractivity contribution in [2.75, 3.05) is 62.9 Å². The Balaban J connectivity index is 1.48. The number of benzene rings is 1. The zero-order valence-corrected chi connectivity index (χ0v) is 18.7. The van der Waals surface area contributed by atoms with E-state index in [4.69, 9.17) is 19.2 Å². The Labute approximate surface area is 183 Å². The standard InChI is InChI=1S/C22H29N3O5S/c1-28-18-2-3-20-19(14-18)21(25-6-4-22(5-7-25)29-10-11-30-22)17(15-23-20)16-24-8-12-31(26,27)13-9-24/h2-3,14-15H,4-13,16H2,1H3. The van der Waals surface area contributed by atoms with Gasteiger partial charge in [-0.3, -0.25) is 9.88 Å². The molecule has 1 spiro atoms. The first-order valence-electron chi connectivity index (χ1n) is 10.9. The van der Waals surface area contributed by atoms with Crippen LogP contribution in [-0.2, 0) is 25.9 Å². The fourth-order valence-corrected chi connectivity index (χ4v) is 6.10. The van der Waals surface area contributed by atoms with Crippen molar-refractivity contribution in [3.05, 3.63) is 30.0 Å². The molecule has 0 amide bonds. The summed E-state index contributed by atoms with van der Waals surface area (Å²) in [5.41, 5.74) is 3.20. The highest BCUT2D eigenvalue weighted by atomic mass is 32.2. The Hall–Kier alpha value is -1.94. The van der Waals surface area contributed by atoms with E-state index in [1.165, 1.54) is 0 Å². The van der Waals surface area contributed by atoms with Crippen LogP contribution in [0.4, 0.5) is 5.69 Å². The number of rotatable bonds is 4. The maximum Gasteiger partial charge on any atom is 0.171 e. The highest BCUT2D eigenvalue weighted by molar-refractivity contribution is 7.91. The normalized spacial score (nSPS) is 23.5. The van der Waals surface area contributed by atoms with Crippen molar-refractivity contribution in [1.29, 1.82) is 0 Å². The van der Waals surface area contributed by atoms with Gasteiger partial charge < -0.3 is 19.1 Å². The van der Waals surface area contributed by atoms with E-state index in [0.717, 1.165) is 53.8 Å². The van der Waals surface area contributed by atoms with Crippen LogP contribution in [0, 0.1) is 0 Å². The number of nitrogens with zero attached hydrogens (tertiary/aromatic N) is 3. The van der Waals surface area contributed by atoms with Crippen molar-refractivity contribution in [1.82, 2.24) is 9.88 Å². The molecular weight excluding hydrogens is 418 g/mol. The SMILES string of the molecule is COc1ccc2ncc(CN3CCS(=O)(=O)CC3)c(N3CCC4(CC3)OCCO4)c2c1. The average molecular weight is 448 g/mol. The summed E-state index contributed by atoms with van der Waals surface area (Å²) in [6.45, 7) is 4.79. The summed E-state index contributed by atoms with van der Waals surface area (Å²) in [7, 11) is -1.23. The number of fused-ring (bicyclic) bond motifs is 1. The van der Waals surface area contributed by atoms with Gasteiger partial charge in [0, 0.05) is 62.7 Å². The summed E-state index contributed by atoms with van der Waals surface area (Å²) >= 11 is 0. The highest BCUT2D eigenvalue weighted by Gasteiger charge is 2.40. The quantitative estimate of drug-likeness (QED) is 0.702. The van der Waals surface area contributed by atoms with Crippen molar-refractivity contribution in [2.24, 2.45) is 0 Å². The van der Waals surface area contributed by atoms with Crippen LogP contribution in [0.3, 0.4) is 0 Å². The number of anilines is 1. The molecule has 3 aliphatic heterocycles. The first-order valence-corrected chi connectivity index (χ1v) is 12.7. The molecule has 5 rings (SSSR count). The maximum atomic E-state index is 11.8. The second kappa shape index (κ2) is 8.20. The van der Waals surface area contributed by atoms with Crippen molar-refractivity contribution >= 4 is 26.4 Å². The lowest BCUT2D eigenvalue weighted by atomic mass is 10.00. The molecule has 8 nitrogen and oxygen atoms in total. The molecule has 0 saturated carbocycles. The largest absolute Gasteiger partial charge is 0.497 e. The van der Waals surface area contributed by atoms with Crippen LogP contribution in [0.25, 0.3) is 10.9 Å². The predicted molar refractivity (Wildman–Crippen MR) is 118 cm³/mol. The van der Waals surface area contributed by atoms with E-state index in [0.29, 0.717) is 32.8 Å². The molecule has 31 heavy (non-hydrogen) atoms. The van der Waals surface area contributed by atoms with Gasteiger partial charge in [-0.05, 0) is 18.2 Å². The number of aromatic nitrogens is 1. The van der Waals surface area contributed by atoms with Crippen molar-refractivity contribution in [3.8, 4) is 5.75 Å². The number of methoxy groups -OCH3 is 1. The van der Waals surface area contributed by atoms with Crippen LogP contribution in [-0.4, -0.2) is 82.1 Å². The summed E-state index contributed by atoms with van der Waals surface area (Å²) in [4.78, 5) is 9.31. The fourth-order valence-electron chi connectivity index (χ4n) is 4.82. The molecule has 3 aliphatic rings. The monoisotopic (exact) mass is 447 g/mol. The van der Waals surface area contributed by atoms with Crippen LogP contribution in [0.5, 0.6) is 5.75 Å². The molecule has 168 valence electrons. The molecular formula is C22H29N3O5S. The van der Waals surface area contributed by atoms with Crippen molar-refractivity contribution in [2.45, 2.75) is 25.2 Å². The van der Waals surface area contributed by atoms with Gasteiger partial charge in [-0.1, -0.05) is 0 Å². The molecule has 9 heteroatoms. The number of ether oxygens (including phenoxy) is 3. The van der Waals surface area contributed by atoms with Gasteiger partial charge >= 0.3 is 0 Å². The molecule has 4 heterocycles. The van der Waals surface area contributed by atoms with E-state index < -0.39 is 15.6 Å². The third-order valence-corrected chi connectivity index (χ3v) is 8.22. The Morgan fingerprint density at radius 2 is 1.81 bits per heavy atom. The minimum Gasteiger partial charge on any atom is -0.497 e. The molecule has 2 aromatic rings. The molecule has 1 aromatic carbocycles. The molecule has 0 unspecified atom stereocenters. The van der Waals surface area contributed by atoms with Gasteiger partial charge in [-0.15, -0.1) is 0 Å². The molecule has 0 atom stereocenters. The molecule has 3 saturated heterocycles. The molecule has 3 fully saturated rings. The summed E-state index contributed by atoms with van der Waals surface area (Å²) in [6.07, 6.45) is 3.59. The fraction of sp³-hybridized carbons (Fsp3) is 0.591. The van der Waals surface area contributed by atoms with E-state index in [1.54, 1.807) is 7.11 Å². The van der Waals surface area contributed by atoms with Crippen molar-refractivity contribution < 1.29 is 22.6 Å². The van der Waals surface area contributed by atoms with Gasteiger partial charge in [0.15, 0.2) is 15.6 Å². The van der Waals surface area contributed by atoms with Crippen molar-refractivity contribution in [3.63, 3.8) is 0 Å². The molecule has 1 aromatic heterocycles.